The van der Waals surface area contributed by atoms with Crippen LogP contribution in [0.4, 0.5) is 16.2 Å². The van der Waals surface area contributed by atoms with Crippen molar-refractivity contribution in [1.82, 2.24) is 14.4 Å². The first-order chi connectivity index (χ1) is 15.1. The number of hydrogen-bond acceptors (Lipinski definition) is 4. The Kier molecular flexibility index (Phi) is 8.80. The van der Waals surface area contributed by atoms with Crippen LogP contribution in [0.15, 0.2) is 42.6 Å². The summed E-state index contributed by atoms with van der Waals surface area (Å²) in [5.41, 5.74) is 1.40. The first-order valence-electron chi connectivity index (χ1n) is 10.7. The number of anilines is 1. The second kappa shape index (κ2) is 11.3. The van der Waals surface area contributed by atoms with Gasteiger partial charge in [0.1, 0.15) is 6.54 Å². The summed E-state index contributed by atoms with van der Waals surface area (Å²) in [6.07, 6.45) is 1.94. The Hall–Kier alpha value is -3.36. The zero-order valence-electron chi connectivity index (χ0n) is 19.4. The summed E-state index contributed by atoms with van der Waals surface area (Å²) < 4.78 is 1.98. The first kappa shape index (κ1) is 24.9. The van der Waals surface area contributed by atoms with Crippen LogP contribution < -0.4 is 5.32 Å². The number of aromatic nitrogens is 1. The summed E-state index contributed by atoms with van der Waals surface area (Å²) in [4.78, 5) is 39.7. The molecule has 1 aromatic carbocycles. The van der Waals surface area contributed by atoms with E-state index in [-0.39, 0.29) is 30.0 Å². The van der Waals surface area contributed by atoms with Crippen LogP contribution in [0, 0.1) is 22.0 Å². The second-order valence-corrected chi connectivity index (χ2v) is 8.79. The first-order valence-corrected chi connectivity index (χ1v) is 10.7. The van der Waals surface area contributed by atoms with E-state index in [2.05, 4.69) is 19.2 Å². The maximum atomic E-state index is 13.2. The number of nitrogens with one attached hydrogen (secondary N) is 1. The van der Waals surface area contributed by atoms with Gasteiger partial charge in [0.25, 0.3) is 5.69 Å². The molecular formula is C23H33N5O4. The summed E-state index contributed by atoms with van der Waals surface area (Å²) in [6.45, 7) is 9.48. The van der Waals surface area contributed by atoms with Gasteiger partial charge in [-0.05, 0) is 36.1 Å². The highest BCUT2D eigenvalue weighted by molar-refractivity contribution is 5.92. The Morgan fingerprint density at radius 3 is 2.12 bits per heavy atom. The molecule has 3 amide bonds. The molecule has 1 heterocycles. The van der Waals surface area contributed by atoms with Crippen molar-refractivity contribution in [2.45, 2.75) is 34.2 Å². The van der Waals surface area contributed by atoms with Crippen molar-refractivity contribution in [2.24, 2.45) is 18.9 Å². The fourth-order valence-corrected chi connectivity index (χ4v) is 3.34. The maximum Gasteiger partial charge on any atom is 0.322 e. The fourth-order valence-electron chi connectivity index (χ4n) is 3.34. The van der Waals surface area contributed by atoms with Crippen LogP contribution in [-0.2, 0) is 18.4 Å². The Bertz CT molecular complexity index is 921. The Balaban J connectivity index is 2.13. The molecule has 32 heavy (non-hydrogen) atoms. The lowest BCUT2D eigenvalue weighted by atomic mass is 10.2. The van der Waals surface area contributed by atoms with Gasteiger partial charge in [-0.25, -0.2) is 4.79 Å². The zero-order valence-corrected chi connectivity index (χ0v) is 19.4. The molecule has 174 valence electrons. The van der Waals surface area contributed by atoms with Crippen molar-refractivity contribution in [3.8, 4) is 0 Å². The highest BCUT2D eigenvalue weighted by Crippen LogP contribution is 2.16. The van der Waals surface area contributed by atoms with Crippen LogP contribution in [0.3, 0.4) is 0 Å². The van der Waals surface area contributed by atoms with Gasteiger partial charge < -0.3 is 19.7 Å². The highest BCUT2D eigenvalue weighted by atomic mass is 16.6. The van der Waals surface area contributed by atoms with E-state index in [0.717, 1.165) is 5.69 Å². The number of urea groups is 1. The van der Waals surface area contributed by atoms with Gasteiger partial charge in [-0.3, -0.25) is 14.9 Å². The van der Waals surface area contributed by atoms with Crippen molar-refractivity contribution in [2.75, 3.05) is 25.0 Å². The summed E-state index contributed by atoms with van der Waals surface area (Å²) in [7, 11) is 1.94. The minimum atomic E-state index is -0.495. The van der Waals surface area contributed by atoms with Crippen molar-refractivity contribution in [1.29, 1.82) is 0 Å². The molecule has 2 rings (SSSR count). The van der Waals surface area contributed by atoms with E-state index in [1.54, 1.807) is 4.90 Å². The number of non-ortho nitro benzene ring substituents is 1. The molecule has 0 fully saturated rings. The molecule has 0 saturated carbocycles. The molecule has 1 aromatic heterocycles. The van der Waals surface area contributed by atoms with E-state index in [4.69, 9.17) is 0 Å². The number of nitro groups is 1. The number of carbonyl (C=O) groups is 2. The average Bonchev–Trinajstić information content (AvgIpc) is 3.11. The third kappa shape index (κ3) is 7.40. The summed E-state index contributed by atoms with van der Waals surface area (Å²) >= 11 is 0. The lowest BCUT2D eigenvalue weighted by molar-refractivity contribution is -0.384. The molecule has 0 unspecified atom stereocenters. The van der Waals surface area contributed by atoms with Crippen LogP contribution in [0.5, 0.6) is 0 Å². The maximum absolute atomic E-state index is 13.2. The van der Waals surface area contributed by atoms with Gasteiger partial charge in [0.2, 0.25) is 5.91 Å². The number of amides is 3. The van der Waals surface area contributed by atoms with Crippen LogP contribution in [0.25, 0.3) is 0 Å². The van der Waals surface area contributed by atoms with Gasteiger partial charge in [0.05, 0.1) is 11.5 Å². The molecule has 0 aliphatic heterocycles. The molecule has 0 bridgehead atoms. The van der Waals surface area contributed by atoms with E-state index in [1.807, 2.05) is 43.8 Å². The number of rotatable bonds is 10. The molecule has 2 aromatic rings. The monoisotopic (exact) mass is 443 g/mol. The minimum Gasteiger partial charge on any atom is -0.353 e. The smallest absolute Gasteiger partial charge is 0.322 e. The zero-order chi connectivity index (χ0) is 23.8. The van der Waals surface area contributed by atoms with Crippen LogP contribution >= 0.6 is 0 Å². The van der Waals surface area contributed by atoms with E-state index in [9.17, 15) is 19.7 Å². The molecule has 0 aliphatic carbocycles. The van der Waals surface area contributed by atoms with Crippen molar-refractivity contribution >= 4 is 23.3 Å². The van der Waals surface area contributed by atoms with Gasteiger partial charge in [0, 0.05) is 49.8 Å². The summed E-state index contributed by atoms with van der Waals surface area (Å²) in [5.74, 6) is 0.322. The second-order valence-electron chi connectivity index (χ2n) is 8.79. The molecule has 0 radical (unpaired) electrons. The lowest BCUT2D eigenvalue weighted by Crippen LogP contribution is -2.46. The molecule has 9 heteroatoms. The van der Waals surface area contributed by atoms with Crippen molar-refractivity contribution in [3.63, 3.8) is 0 Å². The molecule has 0 saturated heterocycles. The van der Waals surface area contributed by atoms with Crippen LogP contribution in [0.2, 0.25) is 0 Å². The Morgan fingerprint density at radius 2 is 1.62 bits per heavy atom. The summed E-state index contributed by atoms with van der Waals surface area (Å²) in [6, 6.07) is 9.13. The number of aryl methyl sites for hydroxylation is 1. The van der Waals surface area contributed by atoms with Crippen molar-refractivity contribution < 1.29 is 14.5 Å². The standard InChI is InChI=1S/C23H33N5O4/c1-17(2)13-26(15-21-7-6-12-25(21)5)22(29)16-27(14-18(3)4)23(30)24-19-8-10-20(11-9-19)28(31)32/h6-12,17-18H,13-16H2,1-5H3,(H,24,30). The average molecular weight is 444 g/mol. The van der Waals surface area contributed by atoms with Crippen molar-refractivity contribution in [3.05, 3.63) is 58.4 Å². The Morgan fingerprint density at radius 1 is 1.03 bits per heavy atom. The van der Waals surface area contributed by atoms with E-state index in [0.29, 0.717) is 25.3 Å². The van der Waals surface area contributed by atoms with Crippen LogP contribution in [0.1, 0.15) is 33.4 Å². The number of benzene rings is 1. The van der Waals surface area contributed by atoms with E-state index in [1.165, 1.54) is 29.2 Å². The molecule has 9 nitrogen and oxygen atoms in total. The SMILES string of the molecule is CC(C)CN(Cc1cccn1C)C(=O)CN(CC(C)C)C(=O)Nc1ccc([N+](=O)[O-])cc1. The molecular weight excluding hydrogens is 410 g/mol. The predicted molar refractivity (Wildman–Crippen MR) is 124 cm³/mol. The van der Waals surface area contributed by atoms with Gasteiger partial charge in [-0.1, -0.05) is 27.7 Å². The van der Waals surface area contributed by atoms with Gasteiger partial charge in [0.15, 0.2) is 0 Å². The van der Waals surface area contributed by atoms with Crippen LogP contribution in [-0.4, -0.2) is 50.9 Å². The molecule has 0 spiro atoms. The van der Waals surface area contributed by atoms with Gasteiger partial charge >= 0.3 is 6.03 Å². The molecule has 1 N–H and O–H groups in total. The third-order valence-corrected chi connectivity index (χ3v) is 4.87. The largest absolute Gasteiger partial charge is 0.353 e. The number of nitrogens with zero attached hydrogens (tertiary/aromatic N) is 4. The normalized spacial score (nSPS) is 11.0. The quantitative estimate of drug-likeness (QED) is 0.441. The highest BCUT2D eigenvalue weighted by Gasteiger charge is 2.23. The molecule has 0 atom stereocenters. The van der Waals surface area contributed by atoms with E-state index < -0.39 is 11.0 Å². The topological polar surface area (TPSA) is 101 Å². The number of carbonyl (C=O) groups excluding carboxylic acids is 2. The van der Waals surface area contributed by atoms with Gasteiger partial charge in [-0.2, -0.15) is 0 Å². The number of nitro benzene ring substituents is 1. The minimum absolute atomic E-state index is 0.0475. The Labute approximate surface area is 189 Å². The van der Waals surface area contributed by atoms with Gasteiger partial charge in [-0.15, -0.1) is 0 Å². The lowest BCUT2D eigenvalue weighted by Gasteiger charge is -2.30. The predicted octanol–water partition coefficient (Wildman–Crippen LogP) is 4.11. The fraction of sp³-hybridized carbons (Fsp3) is 0.478. The number of hydrogen-bond donors (Lipinski definition) is 1. The molecule has 0 aliphatic rings. The van der Waals surface area contributed by atoms with E-state index >= 15 is 0 Å². The third-order valence-electron chi connectivity index (χ3n) is 4.87. The summed E-state index contributed by atoms with van der Waals surface area (Å²) in [5, 5.41) is 13.6.